The number of fused-ring (bicyclic) bond motifs is 2. The second-order valence-electron chi connectivity index (χ2n) is 29.5. The zero-order chi connectivity index (χ0) is 70.0. The Bertz CT molecular complexity index is 2690. The van der Waals surface area contributed by atoms with Crippen LogP contribution in [-0.2, 0) is 52.7 Å². The van der Waals surface area contributed by atoms with Crippen molar-refractivity contribution in [1.82, 2.24) is 55.6 Å². The average Bonchev–Trinajstić information content (AvgIpc) is 0.863. The molecule has 11 amide bonds. The summed E-state index contributed by atoms with van der Waals surface area (Å²) in [5.74, 6) is -9.22. The first kappa shape index (κ1) is 77.3. The van der Waals surface area contributed by atoms with Crippen LogP contribution in [0.3, 0.4) is 0 Å². The Hall–Kier alpha value is -5.75. The lowest BCUT2D eigenvalue weighted by atomic mass is 9.78. The topological polar surface area (TPSA) is 259 Å². The summed E-state index contributed by atoms with van der Waals surface area (Å²) in [6, 6.07) is -10.8. The molecule has 3 unspecified atom stereocenters. The normalized spacial score (nSPS) is 33.1. The lowest BCUT2D eigenvalue weighted by Gasteiger charge is -2.45. The number of amides is 11. The van der Waals surface area contributed by atoms with E-state index in [1.54, 1.807) is 34.6 Å². The average molecular weight is 1350 g/mol. The van der Waals surface area contributed by atoms with Gasteiger partial charge in [-0.25, -0.2) is 0 Å². The molecule has 6 aliphatic rings. The molecule has 0 aromatic carbocycles. The summed E-state index contributed by atoms with van der Waals surface area (Å²) in [5, 5.41) is 10.5. The van der Waals surface area contributed by atoms with Gasteiger partial charge in [0.15, 0.2) is 0 Å². The number of nitrogens with one attached hydrogen (secondary N) is 4. The van der Waals surface area contributed by atoms with Crippen LogP contribution in [0.1, 0.15) is 191 Å². The molecule has 6 fully saturated rings. The highest BCUT2D eigenvalue weighted by molar-refractivity contribution is 6.20. The molecular weight excluding hydrogens is 1240 g/mol. The lowest BCUT2D eigenvalue weighted by Crippen LogP contribution is -2.65. The molecule has 3 aliphatic carbocycles. The summed E-state index contributed by atoms with van der Waals surface area (Å²) in [4.78, 5) is 171. The number of hydrogen-bond donors (Lipinski definition) is 4. The lowest BCUT2D eigenvalue weighted by molar-refractivity contribution is -0.182. The third kappa shape index (κ3) is 19.3. The maximum Gasteiger partial charge on any atom is 0.393 e. The quantitative estimate of drug-likeness (QED) is 0.168. The Morgan fingerprint density at radius 2 is 1.17 bits per heavy atom. The van der Waals surface area contributed by atoms with Crippen LogP contribution in [0.5, 0.6) is 0 Å². The van der Waals surface area contributed by atoms with Crippen LogP contribution in [0.25, 0.3) is 0 Å². The van der Waals surface area contributed by atoms with E-state index in [-0.39, 0.29) is 101 Å². The fourth-order valence-corrected chi connectivity index (χ4v) is 15.6. The van der Waals surface area contributed by atoms with E-state index in [0.717, 1.165) is 38.5 Å². The third-order valence-corrected chi connectivity index (χ3v) is 22.2. The van der Waals surface area contributed by atoms with Crippen LogP contribution in [0.4, 0.5) is 13.2 Å². The smallest absolute Gasteiger partial charge is 0.351 e. The molecule has 532 valence electrons. The predicted molar refractivity (Wildman–Crippen MR) is 350 cm³/mol. The minimum atomic E-state index is -4.49. The predicted octanol–water partition coefficient (Wildman–Crippen LogP) is 6.25. The van der Waals surface area contributed by atoms with Crippen molar-refractivity contribution in [2.24, 2.45) is 47.3 Å². The van der Waals surface area contributed by atoms with Gasteiger partial charge < -0.3 is 55.6 Å². The molecule has 3 heterocycles. The monoisotopic (exact) mass is 1350 g/mol. The second kappa shape index (κ2) is 34.0. The zero-order valence-electron chi connectivity index (χ0n) is 58.4. The van der Waals surface area contributed by atoms with Crippen LogP contribution in [0.15, 0.2) is 0 Å². The molecule has 3 saturated heterocycles. The van der Waals surface area contributed by atoms with Gasteiger partial charge in [0, 0.05) is 66.2 Å². The molecule has 6 rings (SSSR count). The highest BCUT2D eigenvalue weighted by Crippen LogP contribution is 2.44. The van der Waals surface area contributed by atoms with Crippen molar-refractivity contribution in [2.75, 3.05) is 54.9 Å². The Kier molecular flexibility index (Phi) is 27.9. The third-order valence-electron chi connectivity index (χ3n) is 21.7. The molecular formula is C68H111ClF3N11O11. The molecule has 0 bridgehead atoms. The van der Waals surface area contributed by atoms with Crippen LogP contribution < -0.4 is 21.3 Å². The van der Waals surface area contributed by atoms with Gasteiger partial charge in [-0.05, 0) is 132 Å². The van der Waals surface area contributed by atoms with Gasteiger partial charge in [-0.1, -0.05) is 93.4 Å². The SMILES string of the molecule is CC[C@H](C)[C@@H]1NC(=O)[C@H](CC(C)C)N(C)C(=O)C[C@@H](C)NC(=O)[C@H](C2CCCC2)N(C)C(=O)[C@@H](C(C)C)NC(=O)[C@@H]2CCCN2C(=O)[C@H](CCC2CCC(C(F)(F)F)C(Cl)C2)NC(=O)CN(C)C(=O)[C@H](CC2CCC(C)CC2)N(C)C(=O)[C@@H]2CCN2C(=O)[C@H](C)N(C)C1=O. The zero-order valence-corrected chi connectivity index (χ0v) is 59.1. The molecule has 3 aliphatic heterocycles. The van der Waals surface area contributed by atoms with E-state index in [0.29, 0.717) is 31.6 Å². The van der Waals surface area contributed by atoms with Gasteiger partial charge in [-0.15, -0.1) is 11.6 Å². The first-order valence-electron chi connectivity index (χ1n) is 34.9. The van der Waals surface area contributed by atoms with Gasteiger partial charge in [0.1, 0.15) is 54.4 Å². The van der Waals surface area contributed by atoms with Gasteiger partial charge in [0.2, 0.25) is 65.0 Å². The molecule has 94 heavy (non-hydrogen) atoms. The number of carbonyl (C=O) groups is 11. The number of rotatable bonds is 11. The minimum Gasteiger partial charge on any atom is -0.351 e. The van der Waals surface area contributed by atoms with E-state index < -0.39 is 161 Å². The van der Waals surface area contributed by atoms with E-state index in [1.807, 2.05) is 20.8 Å². The molecule has 14 atom stereocenters. The van der Waals surface area contributed by atoms with Crippen LogP contribution in [0.2, 0.25) is 0 Å². The van der Waals surface area contributed by atoms with Crippen LogP contribution in [-0.4, -0.2) is 226 Å². The molecule has 0 aromatic heterocycles. The van der Waals surface area contributed by atoms with Crippen molar-refractivity contribution >= 4 is 76.6 Å². The summed E-state index contributed by atoms with van der Waals surface area (Å²) >= 11 is 6.38. The highest BCUT2D eigenvalue weighted by atomic mass is 35.5. The fourth-order valence-electron chi connectivity index (χ4n) is 15.1. The highest BCUT2D eigenvalue weighted by Gasteiger charge is 2.49. The number of halogens is 4. The van der Waals surface area contributed by atoms with E-state index in [2.05, 4.69) is 28.2 Å². The van der Waals surface area contributed by atoms with E-state index in [4.69, 9.17) is 11.6 Å². The van der Waals surface area contributed by atoms with Crippen molar-refractivity contribution in [3.8, 4) is 0 Å². The largest absolute Gasteiger partial charge is 0.393 e. The van der Waals surface area contributed by atoms with Crippen molar-refractivity contribution < 1.29 is 65.9 Å². The molecule has 26 heteroatoms. The summed E-state index contributed by atoms with van der Waals surface area (Å²) < 4.78 is 41.8. The minimum absolute atomic E-state index is 0.0138. The van der Waals surface area contributed by atoms with Crippen LogP contribution >= 0.6 is 11.6 Å². The van der Waals surface area contributed by atoms with Crippen molar-refractivity contribution in [2.45, 2.75) is 263 Å². The number of nitrogens with zero attached hydrogens (tertiary/aromatic N) is 7. The maximum absolute atomic E-state index is 15.1. The first-order chi connectivity index (χ1) is 44.1. The Morgan fingerprint density at radius 3 is 1.74 bits per heavy atom. The van der Waals surface area contributed by atoms with Gasteiger partial charge in [-0.2, -0.15) is 13.2 Å². The number of alkyl halides is 4. The Labute approximate surface area is 560 Å². The number of likely N-dealkylation sites (N-methyl/N-ethyl adjacent to an activating group) is 5. The molecule has 0 spiro atoms. The van der Waals surface area contributed by atoms with E-state index in [9.17, 15) is 61.1 Å². The van der Waals surface area contributed by atoms with Gasteiger partial charge in [0.05, 0.1) is 12.5 Å². The van der Waals surface area contributed by atoms with E-state index >= 15 is 4.79 Å². The van der Waals surface area contributed by atoms with Crippen LogP contribution in [0, 0.1) is 47.3 Å². The molecule has 0 aromatic rings. The summed E-state index contributed by atoms with van der Waals surface area (Å²) in [6.07, 6.45) is 3.41. The van der Waals surface area contributed by atoms with Gasteiger partial charge in [0.25, 0.3) is 0 Å². The molecule has 0 radical (unpaired) electrons. The maximum atomic E-state index is 15.1. The first-order valence-corrected chi connectivity index (χ1v) is 35.3. The summed E-state index contributed by atoms with van der Waals surface area (Å²) in [7, 11) is 7.39. The van der Waals surface area contributed by atoms with Crippen molar-refractivity contribution in [3.63, 3.8) is 0 Å². The van der Waals surface area contributed by atoms with Gasteiger partial charge in [-0.3, -0.25) is 52.7 Å². The summed E-state index contributed by atoms with van der Waals surface area (Å²) in [6.45, 7) is 16.0. The molecule has 22 nitrogen and oxygen atoms in total. The molecule has 4 N–H and O–H groups in total. The van der Waals surface area contributed by atoms with Crippen molar-refractivity contribution in [1.29, 1.82) is 0 Å². The van der Waals surface area contributed by atoms with Gasteiger partial charge >= 0.3 is 6.18 Å². The van der Waals surface area contributed by atoms with Crippen molar-refractivity contribution in [3.05, 3.63) is 0 Å². The molecule has 3 saturated carbocycles. The standard InChI is InChI=1S/C68H111ClF3N11O11/c1-15-41(7)57-67(94)78(11)43(9)62(89)83-32-30-51(83)65(92)80(13)53(36-45-24-22-40(6)23-25-45)64(91)77(10)37-54(84)74-49(29-27-44-26-28-47(48(69)35-44)68(70,71)72)63(90)82-31-18-21-50(82)59(86)75-56(39(4)5)66(93)81(14)58(46-19-16-17-20-46)61(88)73-42(8)34-55(85)79(12)52(33-38(2)3)60(87)76-57/h38-53,56-58H,15-37H2,1-14H3,(H,73,88)(H,74,84)(H,75,86)(H,76,87)/t40?,41-,42+,43-,44?,45?,47?,48?,49-,50-,51-,52-,53-,56+,57-,58-/m0/s1. The Balaban J connectivity index is 1.37. The summed E-state index contributed by atoms with van der Waals surface area (Å²) in [5.41, 5.74) is 0. The number of carbonyl (C=O) groups excluding carboxylic acids is 11. The Morgan fingerprint density at radius 1 is 0.564 bits per heavy atom. The fraction of sp³-hybridized carbons (Fsp3) is 0.838. The second-order valence-corrected chi connectivity index (χ2v) is 30.1. The van der Waals surface area contributed by atoms with E-state index in [1.165, 1.54) is 69.5 Å². The number of hydrogen-bond acceptors (Lipinski definition) is 11.